The van der Waals surface area contributed by atoms with E-state index >= 15 is 0 Å². The van der Waals surface area contributed by atoms with Crippen LogP contribution in [0, 0.1) is 0 Å². The molecular weight excluding hydrogens is 430 g/mol. The number of benzene rings is 3. The quantitative estimate of drug-likeness (QED) is 0.139. The van der Waals surface area contributed by atoms with Crippen LogP contribution in [0.3, 0.4) is 0 Å². The van der Waals surface area contributed by atoms with Gasteiger partial charge in [-0.3, -0.25) is 5.43 Å². The van der Waals surface area contributed by atoms with Crippen molar-refractivity contribution in [1.82, 2.24) is 15.4 Å². The van der Waals surface area contributed by atoms with Crippen molar-refractivity contribution in [3.05, 3.63) is 90.6 Å². The van der Waals surface area contributed by atoms with E-state index in [0.29, 0.717) is 6.04 Å². The van der Waals surface area contributed by atoms with Gasteiger partial charge < -0.3 is 15.6 Å². The number of anilines is 3. The third-order valence-electron chi connectivity index (χ3n) is 6.57. The van der Waals surface area contributed by atoms with Gasteiger partial charge in [0.05, 0.1) is 5.52 Å². The summed E-state index contributed by atoms with van der Waals surface area (Å²) in [6.07, 6.45) is 5.20. The molecule has 0 aliphatic carbocycles. The molecule has 0 amide bonds. The number of hydrazine groups is 1. The van der Waals surface area contributed by atoms with Crippen molar-refractivity contribution >= 4 is 28.0 Å². The molecule has 4 rings (SSSR count). The van der Waals surface area contributed by atoms with E-state index in [-0.39, 0.29) is 0 Å². The molecule has 0 spiro atoms. The average molecular weight is 468 g/mol. The molecule has 0 radical (unpaired) electrons. The smallest absolute Gasteiger partial charge is 0.0534 e. The normalized spacial score (nSPS) is 12.8. The van der Waals surface area contributed by atoms with Gasteiger partial charge in [0, 0.05) is 53.5 Å². The van der Waals surface area contributed by atoms with Crippen LogP contribution < -0.4 is 16.1 Å². The van der Waals surface area contributed by atoms with Crippen LogP contribution in [0.2, 0.25) is 0 Å². The minimum atomic E-state index is 0.392. The number of H-pyrrole nitrogens is 1. The Morgan fingerprint density at radius 1 is 0.971 bits per heavy atom. The van der Waals surface area contributed by atoms with Gasteiger partial charge in [0.15, 0.2) is 0 Å². The first-order valence-corrected chi connectivity index (χ1v) is 12.4. The number of aromatic amines is 1. The van der Waals surface area contributed by atoms with Crippen LogP contribution in [0.5, 0.6) is 0 Å². The summed E-state index contributed by atoms with van der Waals surface area (Å²) in [6, 6.07) is 25.9. The molecule has 0 bridgehead atoms. The number of nitrogens with zero attached hydrogens (tertiary/aromatic N) is 1. The first-order chi connectivity index (χ1) is 17.1. The van der Waals surface area contributed by atoms with Crippen LogP contribution in [0.15, 0.2) is 90.6 Å². The lowest BCUT2D eigenvalue weighted by Gasteiger charge is -2.29. The van der Waals surface area contributed by atoms with Gasteiger partial charge >= 0.3 is 0 Å². The number of allylic oxidation sites excluding steroid dienone is 1. The number of rotatable bonds is 11. The van der Waals surface area contributed by atoms with Gasteiger partial charge in [-0.2, -0.15) is 0 Å². The zero-order valence-corrected chi connectivity index (χ0v) is 21.2. The molecule has 5 heteroatoms. The number of fused-ring (bicyclic) bond motifs is 1. The molecule has 4 aromatic rings. The van der Waals surface area contributed by atoms with E-state index in [1.54, 1.807) is 0 Å². The summed E-state index contributed by atoms with van der Waals surface area (Å²) in [5, 5.41) is 10.8. The average Bonchev–Trinajstić information content (AvgIpc) is 3.37. The molecular formula is C30H37N5. The Labute approximate surface area is 209 Å². The number of para-hydroxylation sites is 2. The lowest BCUT2D eigenvalue weighted by molar-refractivity contribution is 0.160. The van der Waals surface area contributed by atoms with Crippen molar-refractivity contribution in [3.8, 4) is 11.1 Å². The molecule has 1 heterocycles. The topological polar surface area (TPSA) is 55.1 Å². The Morgan fingerprint density at radius 2 is 1.80 bits per heavy atom. The fourth-order valence-corrected chi connectivity index (χ4v) is 4.39. The van der Waals surface area contributed by atoms with E-state index < -0.39 is 0 Å². The molecule has 1 aromatic heterocycles. The van der Waals surface area contributed by atoms with Crippen LogP contribution in [0.4, 0.5) is 17.1 Å². The van der Waals surface area contributed by atoms with Gasteiger partial charge in [-0.15, -0.1) is 0 Å². The zero-order valence-electron chi connectivity index (χ0n) is 21.2. The van der Waals surface area contributed by atoms with Crippen LogP contribution in [0.1, 0.15) is 27.2 Å². The van der Waals surface area contributed by atoms with Crippen molar-refractivity contribution in [2.24, 2.45) is 0 Å². The molecule has 0 saturated carbocycles. The van der Waals surface area contributed by atoms with E-state index in [2.05, 4.69) is 107 Å². The second kappa shape index (κ2) is 11.7. The van der Waals surface area contributed by atoms with Crippen molar-refractivity contribution in [3.63, 3.8) is 0 Å². The van der Waals surface area contributed by atoms with Crippen LogP contribution in [0.25, 0.3) is 22.0 Å². The molecule has 0 aliphatic rings. The van der Waals surface area contributed by atoms with Gasteiger partial charge in [0.2, 0.25) is 0 Å². The zero-order chi connectivity index (χ0) is 24.6. The number of hydrogen-bond donors (Lipinski definition) is 4. The summed E-state index contributed by atoms with van der Waals surface area (Å²) < 4.78 is 0. The molecule has 182 valence electrons. The number of aromatic nitrogens is 1. The molecule has 1 unspecified atom stereocenters. The van der Waals surface area contributed by atoms with Crippen LogP contribution in [-0.2, 0) is 0 Å². The molecule has 3 aromatic carbocycles. The molecule has 0 fully saturated rings. The Balaban J connectivity index is 1.57. The van der Waals surface area contributed by atoms with E-state index in [1.165, 1.54) is 22.1 Å². The van der Waals surface area contributed by atoms with Crippen LogP contribution >= 0.6 is 0 Å². The van der Waals surface area contributed by atoms with Crippen molar-refractivity contribution < 1.29 is 0 Å². The Morgan fingerprint density at radius 3 is 2.57 bits per heavy atom. The molecule has 5 nitrogen and oxygen atoms in total. The van der Waals surface area contributed by atoms with Crippen LogP contribution in [-0.4, -0.2) is 36.2 Å². The Bertz CT molecular complexity index is 1260. The van der Waals surface area contributed by atoms with Gasteiger partial charge in [-0.1, -0.05) is 54.1 Å². The first kappa shape index (κ1) is 24.6. The second-order valence-electron chi connectivity index (χ2n) is 9.05. The number of hydrogen-bond acceptors (Lipinski definition) is 4. The largest absolute Gasteiger partial charge is 0.384 e. The summed E-state index contributed by atoms with van der Waals surface area (Å²) in [5.74, 6) is 0. The minimum absolute atomic E-state index is 0.392. The third-order valence-corrected chi connectivity index (χ3v) is 6.57. The van der Waals surface area contributed by atoms with Crippen molar-refractivity contribution in [2.75, 3.05) is 30.8 Å². The molecule has 0 saturated heterocycles. The molecule has 0 aliphatic heterocycles. The second-order valence-corrected chi connectivity index (χ2v) is 9.05. The lowest BCUT2D eigenvalue weighted by Crippen LogP contribution is -2.43. The Hall–Kier alpha value is -3.54. The highest BCUT2D eigenvalue weighted by atomic mass is 15.5. The molecule has 1 atom stereocenters. The first-order valence-electron chi connectivity index (χ1n) is 12.4. The van der Waals surface area contributed by atoms with Gasteiger partial charge in [-0.05, 0) is 70.0 Å². The van der Waals surface area contributed by atoms with E-state index in [9.17, 15) is 0 Å². The van der Waals surface area contributed by atoms with Gasteiger partial charge in [0.1, 0.15) is 0 Å². The maximum atomic E-state index is 3.75. The fourth-order valence-electron chi connectivity index (χ4n) is 4.39. The summed E-state index contributed by atoms with van der Waals surface area (Å²) >= 11 is 0. The minimum Gasteiger partial charge on any atom is -0.384 e. The van der Waals surface area contributed by atoms with Gasteiger partial charge in [-0.25, -0.2) is 5.01 Å². The van der Waals surface area contributed by atoms with Gasteiger partial charge in [0.25, 0.3) is 0 Å². The molecule has 4 N–H and O–H groups in total. The van der Waals surface area contributed by atoms with E-state index in [4.69, 9.17) is 0 Å². The predicted molar refractivity (Wildman–Crippen MR) is 151 cm³/mol. The highest BCUT2D eigenvalue weighted by Gasteiger charge is 2.14. The van der Waals surface area contributed by atoms with E-state index in [1.807, 2.05) is 31.4 Å². The summed E-state index contributed by atoms with van der Waals surface area (Å²) in [7, 11) is 2.00. The predicted octanol–water partition coefficient (Wildman–Crippen LogP) is 7.17. The van der Waals surface area contributed by atoms with Crippen molar-refractivity contribution in [2.45, 2.75) is 33.2 Å². The highest BCUT2D eigenvalue weighted by Crippen LogP contribution is 2.35. The lowest BCUT2D eigenvalue weighted by atomic mass is 10.0. The summed E-state index contributed by atoms with van der Waals surface area (Å²) in [4.78, 5) is 3.43. The maximum Gasteiger partial charge on any atom is 0.0534 e. The number of nitrogens with one attached hydrogen (secondary N) is 4. The SMILES string of the molecule is CC=C(C)CN(NC)C(C)CCNc1cc(Nc2ccccc2)ccc1-c1cccc2cc[nH]c12. The van der Waals surface area contributed by atoms with Crippen molar-refractivity contribution in [1.29, 1.82) is 0 Å². The Kier molecular flexibility index (Phi) is 8.24. The third kappa shape index (κ3) is 6.13. The standard InChI is InChI=1S/C30H37N5/c1-5-22(2)21-35(31-4)23(3)16-18-32-29-20-26(34-25-11-7-6-8-12-25)14-15-27(29)28-13-9-10-24-17-19-33-30(24)28/h5-15,17,19-20,23,31-34H,16,18,21H2,1-4H3. The molecule has 35 heavy (non-hydrogen) atoms. The maximum absolute atomic E-state index is 3.75. The van der Waals surface area contributed by atoms with E-state index in [0.717, 1.165) is 42.1 Å². The highest BCUT2D eigenvalue weighted by molar-refractivity contribution is 5.98. The summed E-state index contributed by atoms with van der Waals surface area (Å²) in [6.45, 7) is 8.34. The fraction of sp³-hybridized carbons (Fsp3) is 0.267. The summed E-state index contributed by atoms with van der Waals surface area (Å²) in [5.41, 5.74) is 11.5. The monoisotopic (exact) mass is 467 g/mol.